The predicted octanol–water partition coefficient (Wildman–Crippen LogP) is 4.60. The molecule has 0 aliphatic carbocycles. The van der Waals surface area contributed by atoms with Crippen molar-refractivity contribution in [1.29, 1.82) is 0 Å². The standard InChI is InChI=1S/C15H15Cl2NO5S2/c1-7(19)12(14(24-3)25-4)13(20)18-10-6-11(23-15(21)22-2)9(17)5-8(10)16/h5-6H,1-4H3,(H,18,20). The number of carbonyl (C=O) groups is 3. The Morgan fingerprint density at radius 2 is 1.68 bits per heavy atom. The number of ether oxygens (including phenoxy) is 2. The second kappa shape index (κ2) is 9.96. The van der Waals surface area contributed by atoms with Gasteiger partial charge in [0.15, 0.2) is 11.5 Å². The van der Waals surface area contributed by atoms with Gasteiger partial charge < -0.3 is 14.8 Å². The zero-order valence-electron chi connectivity index (χ0n) is 13.8. The Bertz CT molecular complexity index is 731. The van der Waals surface area contributed by atoms with Gasteiger partial charge in [-0.15, -0.1) is 23.5 Å². The molecule has 1 amide bonds. The van der Waals surface area contributed by atoms with Gasteiger partial charge in [0.05, 0.1) is 27.1 Å². The molecule has 1 aromatic rings. The van der Waals surface area contributed by atoms with Crippen molar-refractivity contribution in [3.8, 4) is 5.75 Å². The maximum Gasteiger partial charge on any atom is 0.513 e. The minimum absolute atomic E-state index is 0.0152. The first kappa shape index (κ1) is 21.7. The number of Topliss-reactive ketones (excluding diaryl/α,β-unsaturated/α-hetero) is 1. The quantitative estimate of drug-likeness (QED) is 0.235. The maximum absolute atomic E-state index is 12.5. The summed E-state index contributed by atoms with van der Waals surface area (Å²) in [7, 11) is 1.14. The molecule has 10 heteroatoms. The summed E-state index contributed by atoms with van der Waals surface area (Å²) in [5.41, 5.74) is 0.150. The molecule has 0 radical (unpaired) electrons. The summed E-state index contributed by atoms with van der Waals surface area (Å²) in [5, 5.41) is 2.71. The number of carbonyl (C=O) groups excluding carboxylic acids is 3. The normalized spacial score (nSPS) is 10.0. The van der Waals surface area contributed by atoms with E-state index in [1.54, 1.807) is 12.5 Å². The molecule has 1 aromatic carbocycles. The number of rotatable bonds is 6. The summed E-state index contributed by atoms with van der Waals surface area (Å²) < 4.78 is 9.84. The zero-order valence-corrected chi connectivity index (χ0v) is 16.9. The molecule has 0 saturated carbocycles. The van der Waals surface area contributed by atoms with Gasteiger partial charge >= 0.3 is 6.16 Å². The average Bonchev–Trinajstić information content (AvgIpc) is 2.55. The number of hydrogen-bond donors (Lipinski definition) is 1. The number of halogens is 2. The smallest absolute Gasteiger partial charge is 0.437 e. The first-order chi connectivity index (χ1) is 11.7. The van der Waals surface area contributed by atoms with Crippen LogP contribution in [0.3, 0.4) is 0 Å². The van der Waals surface area contributed by atoms with Crippen molar-refractivity contribution in [2.24, 2.45) is 0 Å². The Labute approximate surface area is 163 Å². The second-order valence-electron chi connectivity index (χ2n) is 4.40. The summed E-state index contributed by atoms with van der Waals surface area (Å²) >= 11 is 14.6. The first-order valence-electron chi connectivity index (χ1n) is 6.64. The lowest BCUT2D eigenvalue weighted by Gasteiger charge is -2.13. The third-order valence-corrected chi connectivity index (χ3v) is 5.54. The number of hydrogen-bond acceptors (Lipinski definition) is 7. The van der Waals surface area contributed by atoms with Crippen LogP contribution in [-0.2, 0) is 14.3 Å². The molecule has 0 aliphatic rings. The van der Waals surface area contributed by atoms with Crippen molar-refractivity contribution in [2.45, 2.75) is 6.92 Å². The minimum Gasteiger partial charge on any atom is -0.437 e. The summed E-state index contributed by atoms with van der Waals surface area (Å²) in [6, 6.07) is 2.58. The van der Waals surface area contributed by atoms with E-state index in [1.165, 1.54) is 42.6 Å². The lowest BCUT2D eigenvalue weighted by Crippen LogP contribution is -2.20. The Morgan fingerprint density at radius 3 is 2.16 bits per heavy atom. The van der Waals surface area contributed by atoms with E-state index in [9.17, 15) is 14.4 Å². The van der Waals surface area contributed by atoms with Gasteiger partial charge in [0.2, 0.25) is 0 Å². The average molecular weight is 424 g/mol. The zero-order chi connectivity index (χ0) is 19.1. The Kier molecular flexibility index (Phi) is 8.64. The fourth-order valence-corrected chi connectivity index (χ4v) is 3.72. The van der Waals surface area contributed by atoms with Crippen LogP contribution in [0.1, 0.15) is 6.92 Å². The van der Waals surface area contributed by atoms with Crippen molar-refractivity contribution in [1.82, 2.24) is 0 Å². The molecular formula is C15H15Cl2NO5S2. The van der Waals surface area contributed by atoms with Gasteiger partial charge in [-0.1, -0.05) is 23.2 Å². The highest BCUT2D eigenvalue weighted by molar-refractivity contribution is 8.21. The summed E-state index contributed by atoms with van der Waals surface area (Å²) in [6.45, 7) is 1.30. The van der Waals surface area contributed by atoms with Gasteiger partial charge in [-0.05, 0) is 25.5 Å². The van der Waals surface area contributed by atoms with Crippen LogP contribution in [0.2, 0.25) is 10.0 Å². The van der Waals surface area contributed by atoms with Crippen molar-refractivity contribution in [3.63, 3.8) is 0 Å². The molecule has 0 unspecified atom stereocenters. The number of methoxy groups -OCH3 is 1. The van der Waals surface area contributed by atoms with E-state index in [1.807, 2.05) is 0 Å². The molecule has 136 valence electrons. The largest absolute Gasteiger partial charge is 0.513 e. The molecule has 25 heavy (non-hydrogen) atoms. The Hall–Kier alpha value is -1.35. The number of nitrogens with one attached hydrogen (secondary N) is 1. The van der Waals surface area contributed by atoms with Gasteiger partial charge in [0.1, 0.15) is 5.57 Å². The topological polar surface area (TPSA) is 81.7 Å². The van der Waals surface area contributed by atoms with Crippen molar-refractivity contribution >= 4 is 70.3 Å². The van der Waals surface area contributed by atoms with Crippen molar-refractivity contribution < 1.29 is 23.9 Å². The molecule has 0 heterocycles. The second-order valence-corrected chi connectivity index (χ2v) is 7.11. The summed E-state index contributed by atoms with van der Waals surface area (Å²) in [4.78, 5) is 35.6. The summed E-state index contributed by atoms with van der Waals surface area (Å²) in [5.74, 6) is -1.05. The number of amides is 1. The molecule has 1 N–H and O–H groups in total. The lowest BCUT2D eigenvalue weighted by atomic mass is 10.2. The molecule has 0 spiro atoms. The van der Waals surface area contributed by atoms with E-state index in [0.717, 1.165) is 7.11 Å². The highest BCUT2D eigenvalue weighted by atomic mass is 35.5. The Morgan fingerprint density at radius 1 is 1.08 bits per heavy atom. The van der Waals surface area contributed by atoms with Crippen molar-refractivity contribution in [2.75, 3.05) is 24.9 Å². The van der Waals surface area contributed by atoms with Gasteiger partial charge in [0.25, 0.3) is 5.91 Å². The minimum atomic E-state index is -0.974. The van der Waals surface area contributed by atoms with Crippen LogP contribution < -0.4 is 10.1 Å². The molecule has 0 fully saturated rings. The molecule has 0 saturated heterocycles. The fraction of sp³-hybridized carbons (Fsp3) is 0.267. The monoisotopic (exact) mass is 423 g/mol. The number of benzene rings is 1. The Balaban J connectivity index is 3.23. The predicted molar refractivity (Wildman–Crippen MR) is 103 cm³/mol. The third kappa shape index (κ3) is 5.85. The fourth-order valence-electron chi connectivity index (χ4n) is 1.70. The van der Waals surface area contributed by atoms with E-state index >= 15 is 0 Å². The van der Waals surface area contributed by atoms with E-state index in [-0.39, 0.29) is 32.8 Å². The summed E-state index contributed by atoms with van der Waals surface area (Å²) in [6.07, 6.45) is 2.55. The van der Waals surface area contributed by atoms with Gasteiger partial charge in [-0.25, -0.2) is 4.79 Å². The van der Waals surface area contributed by atoms with E-state index in [2.05, 4.69) is 10.1 Å². The maximum atomic E-state index is 12.5. The SMILES string of the molecule is COC(=O)Oc1cc(NC(=O)C(C(C)=O)=C(SC)SC)c(Cl)cc1Cl. The van der Waals surface area contributed by atoms with Gasteiger partial charge in [-0.3, -0.25) is 9.59 Å². The van der Waals surface area contributed by atoms with E-state index < -0.39 is 12.1 Å². The van der Waals surface area contributed by atoms with Crippen LogP contribution in [0, 0.1) is 0 Å². The number of ketones is 1. The highest BCUT2D eigenvalue weighted by Gasteiger charge is 2.21. The van der Waals surface area contributed by atoms with Crippen LogP contribution in [0.25, 0.3) is 0 Å². The van der Waals surface area contributed by atoms with Gasteiger partial charge in [-0.2, -0.15) is 0 Å². The molecule has 0 bridgehead atoms. The molecule has 0 aromatic heterocycles. The highest BCUT2D eigenvalue weighted by Crippen LogP contribution is 2.35. The number of anilines is 1. The molecule has 6 nitrogen and oxygen atoms in total. The number of thioether (sulfide) groups is 2. The third-order valence-electron chi connectivity index (χ3n) is 2.78. The van der Waals surface area contributed by atoms with E-state index in [0.29, 0.717) is 4.24 Å². The molecular weight excluding hydrogens is 409 g/mol. The van der Waals surface area contributed by atoms with Crippen molar-refractivity contribution in [3.05, 3.63) is 32.0 Å². The lowest BCUT2D eigenvalue weighted by molar-refractivity contribution is -0.118. The van der Waals surface area contributed by atoms with Gasteiger partial charge in [0, 0.05) is 6.07 Å². The van der Waals surface area contributed by atoms with Crippen LogP contribution in [-0.4, -0.2) is 37.5 Å². The molecule has 0 aliphatic heterocycles. The molecule has 0 atom stereocenters. The van der Waals surface area contributed by atoms with Crippen LogP contribution >= 0.6 is 46.7 Å². The van der Waals surface area contributed by atoms with Crippen LogP contribution in [0.4, 0.5) is 10.5 Å². The van der Waals surface area contributed by atoms with Crippen LogP contribution in [0.15, 0.2) is 21.9 Å². The molecule has 1 rings (SSSR count). The van der Waals surface area contributed by atoms with Crippen LogP contribution in [0.5, 0.6) is 5.75 Å². The van der Waals surface area contributed by atoms with E-state index in [4.69, 9.17) is 27.9 Å². The first-order valence-corrected chi connectivity index (χ1v) is 9.85.